The van der Waals surface area contributed by atoms with Gasteiger partial charge in [-0.05, 0) is 50.5 Å². The van der Waals surface area contributed by atoms with Gasteiger partial charge in [0.25, 0.3) is 0 Å². The molecule has 0 rings (SSSR count). The van der Waals surface area contributed by atoms with Gasteiger partial charge in [-0.15, -0.1) is 0 Å². The quantitative estimate of drug-likeness (QED) is 0.227. The second kappa shape index (κ2) is 16.6. The van der Waals surface area contributed by atoms with Gasteiger partial charge in [-0.1, -0.05) is 78.2 Å². The van der Waals surface area contributed by atoms with E-state index in [4.69, 9.17) is 4.74 Å². The van der Waals surface area contributed by atoms with Gasteiger partial charge in [0.1, 0.15) is 12.4 Å². The highest BCUT2D eigenvalue weighted by Crippen LogP contribution is 2.22. The van der Waals surface area contributed by atoms with Crippen LogP contribution in [0, 0.1) is 17.8 Å². The molecule has 0 heterocycles. The number of ketones is 1. The standard InChI is InChI=1S/C25H46O4/c1-19(2)10-7-11-20(3)12-8-13-21(4)14-9-15-22(5)16-17-29-25(28)24(27)18-23(6)26/h16,19-21,24,27H,7-15,17-18H2,1-6H3. The molecule has 0 spiro atoms. The van der Waals surface area contributed by atoms with Crippen LogP contribution in [-0.4, -0.2) is 29.6 Å². The number of ether oxygens (including phenoxy) is 1. The van der Waals surface area contributed by atoms with Crippen molar-refractivity contribution in [3.8, 4) is 0 Å². The molecule has 0 saturated carbocycles. The first-order valence-electron chi connectivity index (χ1n) is 11.6. The van der Waals surface area contributed by atoms with Crippen LogP contribution in [0.5, 0.6) is 0 Å². The van der Waals surface area contributed by atoms with Crippen molar-refractivity contribution in [3.63, 3.8) is 0 Å². The van der Waals surface area contributed by atoms with Gasteiger partial charge in [-0.2, -0.15) is 0 Å². The third-order valence-corrected chi connectivity index (χ3v) is 5.55. The number of rotatable bonds is 17. The van der Waals surface area contributed by atoms with E-state index in [-0.39, 0.29) is 18.8 Å². The molecule has 0 saturated heterocycles. The van der Waals surface area contributed by atoms with Crippen LogP contribution in [0.1, 0.15) is 106 Å². The van der Waals surface area contributed by atoms with Crippen molar-refractivity contribution < 1.29 is 19.4 Å². The van der Waals surface area contributed by atoms with Gasteiger partial charge in [-0.25, -0.2) is 4.79 Å². The van der Waals surface area contributed by atoms with Crippen molar-refractivity contribution in [2.24, 2.45) is 17.8 Å². The summed E-state index contributed by atoms with van der Waals surface area (Å²) in [5.41, 5.74) is 1.20. The number of carbonyl (C=O) groups is 2. The summed E-state index contributed by atoms with van der Waals surface area (Å²) in [7, 11) is 0. The van der Waals surface area contributed by atoms with Gasteiger partial charge in [0.05, 0.1) is 0 Å². The van der Waals surface area contributed by atoms with Crippen molar-refractivity contribution in [2.75, 3.05) is 6.61 Å². The number of carbonyl (C=O) groups excluding carboxylic acids is 2. The highest BCUT2D eigenvalue weighted by molar-refractivity contribution is 5.84. The van der Waals surface area contributed by atoms with Gasteiger partial charge in [0.2, 0.25) is 0 Å². The molecule has 0 aromatic heterocycles. The lowest BCUT2D eigenvalue weighted by Gasteiger charge is -2.15. The van der Waals surface area contributed by atoms with Crippen LogP contribution in [0.3, 0.4) is 0 Å². The predicted molar refractivity (Wildman–Crippen MR) is 121 cm³/mol. The monoisotopic (exact) mass is 410 g/mol. The van der Waals surface area contributed by atoms with E-state index in [1.807, 2.05) is 13.0 Å². The first kappa shape index (κ1) is 27.8. The van der Waals surface area contributed by atoms with Crippen LogP contribution in [0.15, 0.2) is 11.6 Å². The van der Waals surface area contributed by atoms with E-state index in [1.54, 1.807) is 0 Å². The molecule has 1 N–H and O–H groups in total. The molecule has 29 heavy (non-hydrogen) atoms. The van der Waals surface area contributed by atoms with Crippen LogP contribution >= 0.6 is 0 Å². The summed E-state index contributed by atoms with van der Waals surface area (Å²) >= 11 is 0. The first-order valence-corrected chi connectivity index (χ1v) is 11.6. The fourth-order valence-corrected chi connectivity index (χ4v) is 3.53. The topological polar surface area (TPSA) is 63.6 Å². The van der Waals surface area contributed by atoms with Crippen molar-refractivity contribution in [3.05, 3.63) is 11.6 Å². The summed E-state index contributed by atoms with van der Waals surface area (Å²) in [4.78, 5) is 22.4. The molecular weight excluding hydrogens is 364 g/mol. The Bertz CT molecular complexity index is 481. The molecule has 0 fully saturated rings. The summed E-state index contributed by atoms with van der Waals surface area (Å²) in [6, 6.07) is 0. The maximum Gasteiger partial charge on any atom is 0.335 e. The molecule has 170 valence electrons. The Kier molecular flexibility index (Phi) is 16.0. The Labute approximate surface area is 179 Å². The molecule has 4 heteroatoms. The Hall–Kier alpha value is -1.16. The minimum atomic E-state index is -1.35. The second-order valence-corrected chi connectivity index (χ2v) is 9.46. The number of esters is 1. The molecule has 0 bridgehead atoms. The molecule has 0 amide bonds. The lowest BCUT2D eigenvalue weighted by atomic mass is 9.91. The summed E-state index contributed by atoms with van der Waals surface area (Å²) in [6.45, 7) is 12.9. The van der Waals surface area contributed by atoms with E-state index in [1.165, 1.54) is 57.4 Å². The molecule has 0 aromatic rings. The summed E-state index contributed by atoms with van der Waals surface area (Å²) in [5, 5.41) is 9.51. The average molecular weight is 411 g/mol. The maximum atomic E-state index is 11.5. The SMILES string of the molecule is CC(=O)CC(O)C(=O)OCC=C(C)CCCC(C)CCCC(C)CCCC(C)C. The molecular formula is C25H46O4. The lowest BCUT2D eigenvalue weighted by molar-refractivity contribution is -0.153. The normalized spacial score (nSPS) is 15.2. The van der Waals surface area contributed by atoms with E-state index < -0.39 is 12.1 Å². The van der Waals surface area contributed by atoms with E-state index in [9.17, 15) is 14.7 Å². The smallest absolute Gasteiger partial charge is 0.335 e. The van der Waals surface area contributed by atoms with E-state index in [0.717, 1.165) is 30.6 Å². The molecule has 3 atom stereocenters. The van der Waals surface area contributed by atoms with Crippen LogP contribution < -0.4 is 0 Å². The second-order valence-electron chi connectivity index (χ2n) is 9.46. The first-order chi connectivity index (χ1) is 13.6. The minimum absolute atomic E-state index is 0.157. The minimum Gasteiger partial charge on any atom is -0.460 e. The van der Waals surface area contributed by atoms with Gasteiger partial charge >= 0.3 is 5.97 Å². The zero-order valence-corrected chi connectivity index (χ0v) is 19.8. The van der Waals surface area contributed by atoms with Crippen LogP contribution in [0.4, 0.5) is 0 Å². The largest absolute Gasteiger partial charge is 0.460 e. The molecule has 0 radical (unpaired) electrons. The molecule has 0 aliphatic rings. The molecule has 3 unspecified atom stereocenters. The summed E-state index contributed by atoms with van der Waals surface area (Å²) in [6.07, 6.45) is 11.8. The molecule has 0 aromatic carbocycles. The Morgan fingerprint density at radius 2 is 1.38 bits per heavy atom. The summed E-state index contributed by atoms with van der Waals surface area (Å²) in [5.74, 6) is 1.48. The van der Waals surface area contributed by atoms with E-state index >= 15 is 0 Å². The third kappa shape index (κ3) is 17.4. The average Bonchev–Trinajstić information content (AvgIpc) is 2.60. The highest BCUT2D eigenvalue weighted by Gasteiger charge is 2.17. The maximum absolute atomic E-state index is 11.5. The fraction of sp³-hybridized carbons (Fsp3) is 0.840. The van der Waals surface area contributed by atoms with Crippen molar-refractivity contribution in [1.82, 2.24) is 0 Å². The number of hydrogen-bond acceptors (Lipinski definition) is 4. The zero-order valence-electron chi connectivity index (χ0n) is 19.8. The number of allylic oxidation sites excluding steroid dienone is 1. The van der Waals surface area contributed by atoms with Crippen LogP contribution in [0.25, 0.3) is 0 Å². The zero-order chi connectivity index (χ0) is 22.2. The lowest BCUT2D eigenvalue weighted by Crippen LogP contribution is -2.25. The Morgan fingerprint density at radius 3 is 1.90 bits per heavy atom. The van der Waals surface area contributed by atoms with Crippen molar-refractivity contribution in [1.29, 1.82) is 0 Å². The fourth-order valence-electron chi connectivity index (χ4n) is 3.53. The number of aliphatic hydroxyl groups is 1. The summed E-state index contributed by atoms with van der Waals surface area (Å²) < 4.78 is 5.00. The molecule has 0 aliphatic heterocycles. The van der Waals surface area contributed by atoms with Gasteiger partial charge in [-0.3, -0.25) is 4.79 Å². The van der Waals surface area contributed by atoms with E-state index in [0.29, 0.717) is 0 Å². The number of aliphatic hydroxyl groups excluding tert-OH is 1. The van der Waals surface area contributed by atoms with Crippen LogP contribution in [0.2, 0.25) is 0 Å². The predicted octanol–water partition coefficient (Wildman–Crippen LogP) is 6.26. The van der Waals surface area contributed by atoms with Gasteiger partial charge in [0, 0.05) is 6.42 Å². The van der Waals surface area contributed by atoms with Gasteiger partial charge < -0.3 is 9.84 Å². The molecule has 4 nitrogen and oxygen atoms in total. The Balaban J connectivity index is 3.81. The van der Waals surface area contributed by atoms with E-state index in [2.05, 4.69) is 27.7 Å². The third-order valence-electron chi connectivity index (χ3n) is 5.55. The van der Waals surface area contributed by atoms with Gasteiger partial charge in [0.15, 0.2) is 6.10 Å². The molecule has 0 aliphatic carbocycles. The van der Waals surface area contributed by atoms with Crippen LogP contribution in [-0.2, 0) is 14.3 Å². The highest BCUT2D eigenvalue weighted by atomic mass is 16.5. The Morgan fingerprint density at radius 1 is 0.862 bits per heavy atom. The number of Topliss-reactive ketones (excluding diaryl/α,β-unsaturated/α-hetero) is 1. The van der Waals surface area contributed by atoms with Crippen molar-refractivity contribution in [2.45, 2.75) is 112 Å². The number of hydrogen-bond donors (Lipinski definition) is 1. The van der Waals surface area contributed by atoms with Crippen molar-refractivity contribution >= 4 is 11.8 Å².